The van der Waals surface area contributed by atoms with Crippen LogP contribution in [0.25, 0.3) is 0 Å². The Labute approximate surface area is 115 Å². The number of carbonyl (C=O) groups excluding carboxylic acids is 1. The lowest BCUT2D eigenvalue weighted by Crippen LogP contribution is -2.34. The van der Waals surface area contributed by atoms with Crippen molar-refractivity contribution in [2.45, 2.75) is 33.1 Å². The molecule has 1 aromatic rings. The first-order valence-electron chi connectivity index (χ1n) is 7.27. The Balaban J connectivity index is 2.20. The van der Waals surface area contributed by atoms with Crippen LogP contribution in [0.2, 0.25) is 0 Å². The summed E-state index contributed by atoms with van der Waals surface area (Å²) in [5.41, 5.74) is 1.97. The number of hydrogen-bond donors (Lipinski definition) is 1. The first kappa shape index (κ1) is 14.1. The van der Waals surface area contributed by atoms with Gasteiger partial charge in [0.25, 0.3) is 0 Å². The largest absolute Gasteiger partial charge is 0.494 e. The molecule has 0 aromatic heterocycles. The predicted octanol–water partition coefficient (Wildman–Crippen LogP) is 2.83. The molecule has 1 aliphatic rings. The first-order valence-corrected chi connectivity index (χ1v) is 7.27. The molecular formula is C16H23NO2. The number of Topliss-reactive ketones (excluding diaryl/α,β-unsaturated/α-hetero) is 1. The summed E-state index contributed by atoms with van der Waals surface area (Å²) in [7, 11) is 0. The highest BCUT2D eigenvalue weighted by Crippen LogP contribution is 2.23. The molecule has 0 saturated carbocycles. The molecule has 1 N–H and O–H groups in total. The van der Waals surface area contributed by atoms with Crippen molar-refractivity contribution in [1.82, 2.24) is 5.32 Å². The standard InChI is InChI=1S/C16H23NO2/c1-3-12-10-14(19-4-2)7-8-15(12)16(18)13-6-5-9-17-11-13/h7-8,10,13,17H,3-6,9,11H2,1-2H3. The van der Waals surface area contributed by atoms with E-state index in [4.69, 9.17) is 4.74 Å². The molecule has 1 saturated heterocycles. The normalized spacial score (nSPS) is 19.2. The zero-order chi connectivity index (χ0) is 13.7. The SMILES string of the molecule is CCOc1ccc(C(=O)C2CCCNC2)c(CC)c1. The average molecular weight is 261 g/mol. The lowest BCUT2D eigenvalue weighted by molar-refractivity contribution is 0.0898. The summed E-state index contributed by atoms with van der Waals surface area (Å²) >= 11 is 0. The molecule has 19 heavy (non-hydrogen) atoms. The van der Waals surface area contributed by atoms with E-state index in [1.54, 1.807) is 0 Å². The first-order chi connectivity index (χ1) is 9.26. The topological polar surface area (TPSA) is 38.3 Å². The van der Waals surface area contributed by atoms with Gasteiger partial charge in [0.15, 0.2) is 5.78 Å². The van der Waals surface area contributed by atoms with Crippen molar-refractivity contribution in [3.8, 4) is 5.75 Å². The second-order valence-corrected chi connectivity index (χ2v) is 5.01. The Morgan fingerprint density at radius 2 is 2.26 bits per heavy atom. The van der Waals surface area contributed by atoms with Crippen LogP contribution in [0.3, 0.4) is 0 Å². The van der Waals surface area contributed by atoms with Crippen molar-refractivity contribution in [3.05, 3.63) is 29.3 Å². The molecule has 1 atom stereocenters. The lowest BCUT2D eigenvalue weighted by atomic mass is 9.88. The van der Waals surface area contributed by atoms with Gasteiger partial charge >= 0.3 is 0 Å². The second kappa shape index (κ2) is 6.71. The van der Waals surface area contributed by atoms with Gasteiger partial charge in [-0.1, -0.05) is 6.92 Å². The quantitative estimate of drug-likeness (QED) is 0.828. The fraction of sp³-hybridized carbons (Fsp3) is 0.562. The number of ketones is 1. The third kappa shape index (κ3) is 3.35. The maximum Gasteiger partial charge on any atom is 0.167 e. The molecule has 0 amide bonds. The number of benzene rings is 1. The Bertz CT molecular complexity index is 436. The van der Waals surface area contributed by atoms with Crippen molar-refractivity contribution in [2.75, 3.05) is 19.7 Å². The van der Waals surface area contributed by atoms with Crippen LogP contribution in [-0.4, -0.2) is 25.5 Å². The van der Waals surface area contributed by atoms with Gasteiger partial charge in [-0.05, 0) is 56.5 Å². The number of carbonyl (C=O) groups is 1. The Morgan fingerprint density at radius 1 is 1.42 bits per heavy atom. The summed E-state index contributed by atoms with van der Waals surface area (Å²) in [6, 6.07) is 5.85. The van der Waals surface area contributed by atoms with Crippen molar-refractivity contribution < 1.29 is 9.53 Å². The van der Waals surface area contributed by atoms with E-state index in [1.165, 1.54) is 0 Å². The predicted molar refractivity (Wildman–Crippen MR) is 76.9 cm³/mol. The molecule has 0 spiro atoms. The number of aryl methyl sites for hydroxylation is 1. The highest BCUT2D eigenvalue weighted by Gasteiger charge is 2.23. The van der Waals surface area contributed by atoms with Crippen LogP contribution in [0.4, 0.5) is 0 Å². The molecule has 1 heterocycles. The van der Waals surface area contributed by atoms with E-state index >= 15 is 0 Å². The van der Waals surface area contributed by atoms with E-state index in [2.05, 4.69) is 12.2 Å². The van der Waals surface area contributed by atoms with Gasteiger partial charge in [-0.2, -0.15) is 0 Å². The number of piperidine rings is 1. The molecule has 1 fully saturated rings. The van der Waals surface area contributed by atoms with Crippen molar-refractivity contribution in [1.29, 1.82) is 0 Å². The van der Waals surface area contributed by atoms with E-state index < -0.39 is 0 Å². The minimum atomic E-state index is 0.136. The second-order valence-electron chi connectivity index (χ2n) is 5.01. The molecule has 0 radical (unpaired) electrons. The fourth-order valence-corrected chi connectivity index (χ4v) is 2.65. The van der Waals surface area contributed by atoms with E-state index in [0.29, 0.717) is 6.61 Å². The van der Waals surface area contributed by atoms with Gasteiger partial charge in [-0.3, -0.25) is 4.79 Å². The molecule has 1 aromatic carbocycles. The van der Waals surface area contributed by atoms with Crippen LogP contribution < -0.4 is 10.1 Å². The van der Waals surface area contributed by atoms with Crippen LogP contribution in [0, 0.1) is 5.92 Å². The van der Waals surface area contributed by atoms with Crippen molar-refractivity contribution >= 4 is 5.78 Å². The molecule has 0 bridgehead atoms. The summed E-state index contributed by atoms with van der Waals surface area (Å²) < 4.78 is 5.50. The summed E-state index contributed by atoms with van der Waals surface area (Å²) in [5, 5.41) is 3.31. The van der Waals surface area contributed by atoms with E-state index in [-0.39, 0.29) is 11.7 Å². The summed E-state index contributed by atoms with van der Waals surface area (Å²) in [6.07, 6.45) is 2.96. The van der Waals surface area contributed by atoms with Gasteiger partial charge in [-0.25, -0.2) is 0 Å². The summed E-state index contributed by atoms with van der Waals surface area (Å²) in [5.74, 6) is 1.28. The molecule has 3 nitrogen and oxygen atoms in total. The zero-order valence-electron chi connectivity index (χ0n) is 11.9. The molecular weight excluding hydrogens is 238 g/mol. The van der Waals surface area contributed by atoms with Gasteiger partial charge in [0.1, 0.15) is 5.75 Å². The van der Waals surface area contributed by atoms with E-state index in [0.717, 1.165) is 49.2 Å². The molecule has 1 unspecified atom stereocenters. The van der Waals surface area contributed by atoms with Crippen LogP contribution in [-0.2, 0) is 6.42 Å². The number of nitrogens with one attached hydrogen (secondary N) is 1. The number of rotatable bonds is 5. The Morgan fingerprint density at radius 3 is 2.89 bits per heavy atom. The number of ether oxygens (including phenoxy) is 1. The molecule has 1 aliphatic heterocycles. The Kier molecular flexibility index (Phi) is 4.97. The van der Waals surface area contributed by atoms with Gasteiger partial charge in [0.05, 0.1) is 6.61 Å². The average Bonchev–Trinajstić information content (AvgIpc) is 2.47. The molecule has 104 valence electrons. The third-order valence-electron chi connectivity index (χ3n) is 3.70. The van der Waals surface area contributed by atoms with Crippen LogP contribution in [0.5, 0.6) is 5.75 Å². The Hall–Kier alpha value is -1.35. The zero-order valence-corrected chi connectivity index (χ0v) is 11.9. The van der Waals surface area contributed by atoms with Gasteiger partial charge in [0.2, 0.25) is 0 Å². The van der Waals surface area contributed by atoms with Crippen molar-refractivity contribution in [2.24, 2.45) is 5.92 Å². The summed E-state index contributed by atoms with van der Waals surface area (Å²) in [6.45, 7) is 6.56. The van der Waals surface area contributed by atoms with Crippen LogP contribution in [0.1, 0.15) is 42.6 Å². The van der Waals surface area contributed by atoms with Gasteiger partial charge < -0.3 is 10.1 Å². The maximum absolute atomic E-state index is 12.6. The minimum Gasteiger partial charge on any atom is -0.494 e. The van der Waals surface area contributed by atoms with E-state index in [1.807, 2.05) is 25.1 Å². The number of hydrogen-bond acceptors (Lipinski definition) is 3. The van der Waals surface area contributed by atoms with Crippen molar-refractivity contribution in [3.63, 3.8) is 0 Å². The van der Waals surface area contributed by atoms with Gasteiger partial charge in [-0.15, -0.1) is 0 Å². The van der Waals surface area contributed by atoms with Crippen LogP contribution >= 0.6 is 0 Å². The minimum absolute atomic E-state index is 0.136. The fourth-order valence-electron chi connectivity index (χ4n) is 2.65. The monoisotopic (exact) mass is 261 g/mol. The smallest absolute Gasteiger partial charge is 0.167 e. The van der Waals surface area contributed by atoms with E-state index in [9.17, 15) is 4.79 Å². The highest BCUT2D eigenvalue weighted by atomic mass is 16.5. The molecule has 3 heteroatoms. The van der Waals surface area contributed by atoms with Gasteiger partial charge in [0, 0.05) is 18.0 Å². The highest BCUT2D eigenvalue weighted by molar-refractivity contribution is 5.99. The molecule has 0 aliphatic carbocycles. The van der Waals surface area contributed by atoms with Crippen LogP contribution in [0.15, 0.2) is 18.2 Å². The molecule has 2 rings (SSSR count). The third-order valence-corrected chi connectivity index (χ3v) is 3.70. The lowest BCUT2D eigenvalue weighted by Gasteiger charge is -2.22. The maximum atomic E-state index is 12.6. The summed E-state index contributed by atoms with van der Waals surface area (Å²) in [4.78, 5) is 12.6.